The molecule has 112 valence electrons. The molecule has 0 spiro atoms. The first kappa shape index (κ1) is 15.3. The molecule has 2 atom stereocenters. The number of halogens is 1. The molecule has 1 fully saturated rings. The van der Waals surface area contributed by atoms with Gasteiger partial charge >= 0.3 is 0 Å². The number of rotatable bonds is 6. The lowest BCUT2D eigenvalue weighted by molar-refractivity contribution is 0.146. The molecular weight excluding hydrogens is 253 g/mol. The Morgan fingerprint density at radius 3 is 2.65 bits per heavy atom. The van der Waals surface area contributed by atoms with Crippen molar-refractivity contribution < 1.29 is 9.13 Å². The lowest BCUT2D eigenvalue weighted by atomic mass is 9.88. The summed E-state index contributed by atoms with van der Waals surface area (Å²) in [5.74, 6) is 0.821. The molecule has 2 unspecified atom stereocenters. The van der Waals surface area contributed by atoms with Crippen molar-refractivity contribution in [1.82, 2.24) is 5.32 Å². The Bertz CT molecular complexity index is 396. The van der Waals surface area contributed by atoms with E-state index in [0.29, 0.717) is 19.1 Å². The zero-order chi connectivity index (χ0) is 14.4. The summed E-state index contributed by atoms with van der Waals surface area (Å²) in [6, 6.07) is 7.75. The molecule has 0 amide bonds. The van der Waals surface area contributed by atoms with Crippen LogP contribution in [0, 0.1) is 0 Å². The van der Waals surface area contributed by atoms with Crippen LogP contribution in [0.2, 0.25) is 0 Å². The summed E-state index contributed by atoms with van der Waals surface area (Å²) in [4.78, 5) is 0. The van der Waals surface area contributed by atoms with Crippen LogP contribution in [0.3, 0.4) is 0 Å². The third-order valence-electron chi connectivity index (χ3n) is 3.97. The zero-order valence-corrected chi connectivity index (χ0v) is 12.6. The molecule has 0 aliphatic carbocycles. The maximum Gasteiger partial charge on any atom is 0.134 e. The summed E-state index contributed by atoms with van der Waals surface area (Å²) >= 11 is 0. The molecule has 0 saturated carbocycles. The molecule has 1 saturated heterocycles. The highest BCUT2D eigenvalue weighted by Gasteiger charge is 2.30. The topological polar surface area (TPSA) is 21.3 Å². The van der Waals surface area contributed by atoms with Crippen LogP contribution < -0.4 is 10.1 Å². The normalized spacial score (nSPS) is 22.2. The number of hydrogen-bond acceptors (Lipinski definition) is 2. The minimum absolute atomic E-state index is 0.301. The highest BCUT2D eigenvalue weighted by Crippen LogP contribution is 2.33. The smallest absolute Gasteiger partial charge is 0.134 e. The van der Waals surface area contributed by atoms with Gasteiger partial charge in [0.25, 0.3) is 0 Å². The van der Waals surface area contributed by atoms with Gasteiger partial charge in [0.1, 0.15) is 11.4 Å². The van der Waals surface area contributed by atoms with E-state index in [1.807, 2.05) is 24.3 Å². The fourth-order valence-corrected chi connectivity index (χ4v) is 2.80. The molecule has 1 aromatic carbocycles. The quantitative estimate of drug-likeness (QED) is 0.843. The molecule has 3 heteroatoms. The van der Waals surface area contributed by atoms with Gasteiger partial charge in [-0.25, -0.2) is 4.39 Å². The lowest BCUT2D eigenvalue weighted by Gasteiger charge is -2.30. The fourth-order valence-electron chi connectivity index (χ4n) is 2.80. The van der Waals surface area contributed by atoms with Crippen molar-refractivity contribution in [3.05, 3.63) is 29.8 Å². The molecule has 20 heavy (non-hydrogen) atoms. The van der Waals surface area contributed by atoms with Crippen LogP contribution in [0.15, 0.2) is 24.3 Å². The third-order valence-corrected chi connectivity index (χ3v) is 3.97. The van der Waals surface area contributed by atoms with Gasteiger partial charge in [-0.2, -0.15) is 0 Å². The molecule has 1 heterocycles. The van der Waals surface area contributed by atoms with E-state index in [-0.39, 0.29) is 0 Å². The Morgan fingerprint density at radius 2 is 2.05 bits per heavy atom. The number of nitrogens with one attached hydrogen (secondary N) is 1. The van der Waals surface area contributed by atoms with Crippen LogP contribution in [0.4, 0.5) is 4.39 Å². The first-order valence-electron chi connectivity index (χ1n) is 7.77. The zero-order valence-electron chi connectivity index (χ0n) is 12.6. The predicted octanol–water partition coefficient (Wildman–Crippen LogP) is 4.19. The van der Waals surface area contributed by atoms with Crippen LogP contribution in [0.5, 0.6) is 5.75 Å². The average molecular weight is 279 g/mol. The van der Waals surface area contributed by atoms with Crippen molar-refractivity contribution in [1.29, 1.82) is 0 Å². The molecule has 0 bridgehead atoms. The maximum absolute atomic E-state index is 14.9. The lowest BCUT2D eigenvalue weighted by Crippen LogP contribution is -2.38. The van der Waals surface area contributed by atoms with Gasteiger partial charge in [0.15, 0.2) is 0 Å². The Kier molecular flexibility index (Phi) is 5.41. The minimum atomic E-state index is -1.28. The molecule has 0 aromatic heterocycles. The van der Waals surface area contributed by atoms with Crippen molar-refractivity contribution >= 4 is 0 Å². The van der Waals surface area contributed by atoms with Gasteiger partial charge in [-0.05, 0) is 50.4 Å². The Labute approximate surface area is 121 Å². The van der Waals surface area contributed by atoms with E-state index in [0.717, 1.165) is 30.7 Å². The van der Waals surface area contributed by atoms with Crippen LogP contribution in [-0.2, 0) is 5.67 Å². The number of benzene rings is 1. The maximum atomic E-state index is 14.9. The highest BCUT2D eigenvalue weighted by atomic mass is 19.1. The Hall–Kier alpha value is -1.09. The largest absolute Gasteiger partial charge is 0.494 e. The van der Waals surface area contributed by atoms with Crippen LogP contribution in [0.1, 0.15) is 51.5 Å². The van der Waals surface area contributed by atoms with Crippen LogP contribution in [0.25, 0.3) is 0 Å². The van der Waals surface area contributed by atoms with Gasteiger partial charge in [0.2, 0.25) is 0 Å². The van der Waals surface area contributed by atoms with Crippen molar-refractivity contribution in [3.8, 4) is 5.75 Å². The fraction of sp³-hybridized carbons (Fsp3) is 0.647. The van der Waals surface area contributed by atoms with Crippen molar-refractivity contribution in [2.75, 3.05) is 13.2 Å². The van der Waals surface area contributed by atoms with E-state index in [4.69, 9.17) is 4.74 Å². The van der Waals surface area contributed by atoms with Crippen molar-refractivity contribution in [2.45, 2.75) is 57.7 Å². The summed E-state index contributed by atoms with van der Waals surface area (Å²) in [5.41, 5.74) is -0.535. The summed E-state index contributed by atoms with van der Waals surface area (Å²) in [6.07, 6.45) is 5.02. The van der Waals surface area contributed by atoms with Gasteiger partial charge in [-0.3, -0.25) is 0 Å². The van der Waals surface area contributed by atoms with Crippen LogP contribution in [-0.4, -0.2) is 19.2 Å². The van der Waals surface area contributed by atoms with E-state index >= 15 is 0 Å². The van der Waals surface area contributed by atoms with Gasteiger partial charge < -0.3 is 10.1 Å². The third kappa shape index (κ3) is 4.20. The predicted molar refractivity (Wildman–Crippen MR) is 80.9 cm³/mol. The molecule has 2 nitrogen and oxygen atoms in total. The first-order chi connectivity index (χ1) is 9.62. The highest BCUT2D eigenvalue weighted by molar-refractivity contribution is 5.30. The molecule has 1 N–H and O–H groups in total. The second kappa shape index (κ2) is 7.07. The Balaban J connectivity index is 1.96. The first-order valence-corrected chi connectivity index (χ1v) is 7.77. The van der Waals surface area contributed by atoms with E-state index in [2.05, 4.69) is 12.2 Å². The number of piperidine rings is 1. The van der Waals surface area contributed by atoms with E-state index in [1.54, 1.807) is 6.92 Å². The summed E-state index contributed by atoms with van der Waals surface area (Å²) in [5, 5.41) is 3.42. The van der Waals surface area contributed by atoms with E-state index < -0.39 is 5.67 Å². The van der Waals surface area contributed by atoms with Gasteiger partial charge in [0.05, 0.1) is 6.61 Å². The summed E-state index contributed by atoms with van der Waals surface area (Å²) < 4.78 is 20.4. The number of alkyl halides is 1. The molecule has 1 aliphatic heterocycles. The SMILES string of the molecule is CCCOc1ccc(C(C)(F)CC2CCCCN2)cc1. The number of ether oxygens (including phenoxy) is 1. The molecule has 1 aromatic rings. The standard InChI is InChI=1S/C17H26FNO/c1-3-12-20-16-9-7-14(8-10-16)17(2,18)13-15-6-4-5-11-19-15/h7-10,15,19H,3-6,11-13H2,1-2H3. The van der Waals surface area contributed by atoms with Gasteiger partial charge in [-0.1, -0.05) is 25.5 Å². The van der Waals surface area contributed by atoms with E-state index in [1.165, 1.54) is 12.8 Å². The van der Waals surface area contributed by atoms with Gasteiger partial charge in [-0.15, -0.1) is 0 Å². The average Bonchev–Trinajstić information content (AvgIpc) is 2.46. The van der Waals surface area contributed by atoms with Crippen LogP contribution >= 0.6 is 0 Å². The summed E-state index contributed by atoms with van der Waals surface area (Å²) in [7, 11) is 0. The summed E-state index contributed by atoms with van der Waals surface area (Å²) in [6.45, 7) is 5.48. The van der Waals surface area contributed by atoms with Crippen molar-refractivity contribution in [2.24, 2.45) is 0 Å². The molecule has 2 rings (SSSR count). The van der Waals surface area contributed by atoms with E-state index in [9.17, 15) is 4.39 Å². The van der Waals surface area contributed by atoms with Crippen molar-refractivity contribution in [3.63, 3.8) is 0 Å². The second-order valence-electron chi connectivity index (χ2n) is 5.92. The van der Waals surface area contributed by atoms with Gasteiger partial charge in [0, 0.05) is 12.5 Å². The minimum Gasteiger partial charge on any atom is -0.494 e. The number of hydrogen-bond donors (Lipinski definition) is 1. The monoisotopic (exact) mass is 279 g/mol. The molecule has 1 aliphatic rings. The molecule has 0 radical (unpaired) electrons. The molecular formula is C17H26FNO. The Morgan fingerprint density at radius 1 is 1.30 bits per heavy atom. The second-order valence-corrected chi connectivity index (χ2v) is 5.92.